The Morgan fingerprint density at radius 2 is 2.00 bits per heavy atom. The number of amides is 1. The zero-order valence-electron chi connectivity index (χ0n) is 12.4. The lowest BCUT2D eigenvalue weighted by Crippen LogP contribution is -2.54. The molecule has 1 aliphatic rings. The van der Waals surface area contributed by atoms with Crippen LogP contribution in [0.15, 0.2) is 30.3 Å². The van der Waals surface area contributed by atoms with E-state index in [-0.39, 0.29) is 12.7 Å². The quantitative estimate of drug-likeness (QED) is 0.930. The summed E-state index contributed by atoms with van der Waals surface area (Å²) in [5, 5.41) is 9.11. The average Bonchev–Trinajstić information content (AvgIpc) is 2.44. The maximum Gasteiger partial charge on any atom is 0.410 e. The first-order chi connectivity index (χ1) is 9.90. The van der Waals surface area contributed by atoms with Crippen LogP contribution in [0.1, 0.15) is 32.3 Å². The molecule has 0 bridgehead atoms. The molecular weight excluding hydrogens is 270 g/mol. The van der Waals surface area contributed by atoms with Gasteiger partial charge in [0.05, 0.1) is 5.92 Å². The number of piperidine rings is 1. The topological polar surface area (TPSA) is 66.8 Å². The van der Waals surface area contributed by atoms with E-state index in [4.69, 9.17) is 9.84 Å². The van der Waals surface area contributed by atoms with Crippen LogP contribution in [-0.2, 0) is 16.1 Å². The van der Waals surface area contributed by atoms with Crippen molar-refractivity contribution in [1.29, 1.82) is 0 Å². The maximum absolute atomic E-state index is 12.2. The van der Waals surface area contributed by atoms with Crippen LogP contribution < -0.4 is 0 Å². The minimum atomic E-state index is -0.791. The number of aliphatic carboxylic acids is 1. The number of carboxylic acids is 1. The molecule has 1 fully saturated rings. The summed E-state index contributed by atoms with van der Waals surface area (Å²) in [5.74, 6) is -1.18. The van der Waals surface area contributed by atoms with Gasteiger partial charge in [0.15, 0.2) is 0 Å². The van der Waals surface area contributed by atoms with E-state index in [1.807, 2.05) is 44.2 Å². The van der Waals surface area contributed by atoms with Gasteiger partial charge >= 0.3 is 12.1 Å². The molecule has 0 aliphatic carbocycles. The number of ether oxygens (including phenoxy) is 1. The number of hydrogen-bond donors (Lipinski definition) is 1. The van der Waals surface area contributed by atoms with Gasteiger partial charge in [-0.05, 0) is 32.3 Å². The molecule has 0 spiro atoms. The smallest absolute Gasteiger partial charge is 0.410 e. The molecule has 1 aromatic rings. The van der Waals surface area contributed by atoms with Crippen molar-refractivity contribution in [3.63, 3.8) is 0 Å². The Morgan fingerprint density at radius 1 is 1.33 bits per heavy atom. The van der Waals surface area contributed by atoms with Gasteiger partial charge in [-0.25, -0.2) is 4.79 Å². The van der Waals surface area contributed by atoms with E-state index >= 15 is 0 Å². The fourth-order valence-corrected chi connectivity index (χ4v) is 2.75. The summed E-state index contributed by atoms with van der Waals surface area (Å²) < 4.78 is 5.34. The first-order valence-electron chi connectivity index (χ1n) is 7.11. The summed E-state index contributed by atoms with van der Waals surface area (Å²) in [6.07, 6.45) is 0.537. The van der Waals surface area contributed by atoms with Crippen molar-refractivity contribution in [1.82, 2.24) is 4.90 Å². The Balaban J connectivity index is 1.95. The SMILES string of the molecule is CC1(C)CC(C(=O)O)CCN1C(=O)OCc1ccccc1. The standard InChI is InChI=1S/C16H21NO4/c1-16(2)10-13(14(18)19)8-9-17(16)15(20)21-11-12-6-4-3-5-7-12/h3-7,13H,8-11H2,1-2H3,(H,18,19). The van der Waals surface area contributed by atoms with Crippen molar-refractivity contribution in [2.45, 2.75) is 38.8 Å². The molecule has 0 aromatic heterocycles. The summed E-state index contributed by atoms with van der Waals surface area (Å²) in [5.41, 5.74) is 0.429. The Kier molecular flexibility index (Phi) is 4.50. The molecule has 1 atom stereocenters. The van der Waals surface area contributed by atoms with Crippen LogP contribution in [0.25, 0.3) is 0 Å². The monoisotopic (exact) mass is 291 g/mol. The largest absolute Gasteiger partial charge is 0.481 e. The van der Waals surface area contributed by atoms with Gasteiger partial charge in [0.2, 0.25) is 0 Å². The summed E-state index contributed by atoms with van der Waals surface area (Å²) >= 11 is 0. The summed E-state index contributed by atoms with van der Waals surface area (Å²) in [6.45, 7) is 4.41. The molecule has 5 nitrogen and oxygen atoms in total. The third-order valence-electron chi connectivity index (χ3n) is 3.95. The van der Waals surface area contributed by atoms with E-state index in [0.717, 1.165) is 5.56 Å². The lowest BCUT2D eigenvalue weighted by Gasteiger charge is -2.43. The minimum Gasteiger partial charge on any atom is -0.481 e. The summed E-state index contributed by atoms with van der Waals surface area (Å²) in [7, 11) is 0. The van der Waals surface area contributed by atoms with Crippen molar-refractivity contribution in [3.05, 3.63) is 35.9 Å². The fraction of sp³-hybridized carbons (Fsp3) is 0.500. The number of likely N-dealkylation sites (tertiary alicyclic amines) is 1. The molecular formula is C16H21NO4. The number of carboxylic acid groups (broad SMARTS) is 1. The van der Waals surface area contributed by atoms with E-state index < -0.39 is 17.4 Å². The number of carbonyl (C=O) groups is 2. The Hall–Kier alpha value is -2.04. The van der Waals surface area contributed by atoms with E-state index in [0.29, 0.717) is 19.4 Å². The second-order valence-corrected chi connectivity index (χ2v) is 6.03. The highest BCUT2D eigenvalue weighted by molar-refractivity contribution is 5.72. The third-order valence-corrected chi connectivity index (χ3v) is 3.95. The zero-order chi connectivity index (χ0) is 15.5. The van der Waals surface area contributed by atoms with E-state index in [9.17, 15) is 9.59 Å². The van der Waals surface area contributed by atoms with Crippen LogP contribution in [0.5, 0.6) is 0 Å². The first kappa shape index (κ1) is 15.4. The normalized spacial score (nSPS) is 20.9. The van der Waals surface area contributed by atoms with Gasteiger partial charge in [0.25, 0.3) is 0 Å². The molecule has 1 unspecified atom stereocenters. The second kappa shape index (κ2) is 6.16. The van der Waals surface area contributed by atoms with Crippen molar-refractivity contribution < 1.29 is 19.4 Å². The van der Waals surface area contributed by atoms with Gasteiger partial charge in [0, 0.05) is 12.1 Å². The molecule has 1 aromatic carbocycles. The molecule has 21 heavy (non-hydrogen) atoms. The van der Waals surface area contributed by atoms with Crippen molar-refractivity contribution >= 4 is 12.1 Å². The number of rotatable bonds is 3. The van der Waals surface area contributed by atoms with Gasteiger partial charge in [-0.1, -0.05) is 30.3 Å². The maximum atomic E-state index is 12.2. The predicted molar refractivity (Wildman–Crippen MR) is 77.8 cm³/mol. The molecule has 2 rings (SSSR count). The van der Waals surface area contributed by atoms with Crippen LogP contribution >= 0.6 is 0 Å². The molecule has 114 valence electrons. The Labute approximate surface area is 124 Å². The number of hydrogen-bond acceptors (Lipinski definition) is 3. The fourth-order valence-electron chi connectivity index (χ4n) is 2.75. The number of nitrogens with zero attached hydrogens (tertiary/aromatic N) is 1. The van der Waals surface area contributed by atoms with Crippen LogP contribution in [0.2, 0.25) is 0 Å². The highest BCUT2D eigenvalue weighted by Crippen LogP contribution is 2.32. The van der Waals surface area contributed by atoms with Crippen molar-refractivity contribution in [2.75, 3.05) is 6.54 Å². The zero-order valence-corrected chi connectivity index (χ0v) is 12.4. The van der Waals surface area contributed by atoms with E-state index in [1.165, 1.54) is 0 Å². The number of benzene rings is 1. The highest BCUT2D eigenvalue weighted by Gasteiger charge is 2.40. The van der Waals surface area contributed by atoms with Gasteiger partial charge in [-0.3, -0.25) is 4.79 Å². The lowest BCUT2D eigenvalue weighted by atomic mass is 9.83. The molecule has 1 amide bonds. The van der Waals surface area contributed by atoms with Crippen LogP contribution in [-0.4, -0.2) is 34.2 Å². The Bertz CT molecular complexity index is 512. The van der Waals surface area contributed by atoms with Crippen molar-refractivity contribution in [2.24, 2.45) is 5.92 Å². The molecule has 0 saturated carbocycles. The molecule has 0 radical (unpaired) electrons. The van der Waals surface area contributed by atoms with Crippen LogP contribution in [0.4, 0.5) is 4.79 Å². The van der Waals surface area contributed by atoms with E-state index in [1.54, 1.807) is 4.90 Å². The van der Waals surface area contributed by atoms with E-state index in [2.05, 4.69) is 0 Å². The average molecular weight is 291 g/mol. The number of carbonyl (C=O) groups excluding carboxylic acids is 1. The molecule has 1 heterocycles. The third kappa shape index (κ3) is 3.74. The molecule has 5 heteroatoms. The van der Waals surface area contributed by atoms with Gasteiger partial charge < -0.3 is 14.7 Å². The highest BCUT2D eigenvalue weighted by atomic mass is 16.6. The van der Waals surface area contributed by atoms with Crippen molar-refractivity contribution in [3.8, 4) is 0 Å². The van der Waals surface area contributed by atoms with Gasteiger partial charge in [0.1, 0.15) is 6.61 Å². The molecule has 1 N–H and O–H groups in total. The molecule has 1 aliphatic heterocycles. The lowest BCUT2D eigenvalue weighted by molar-refractivity contribution is -0.145. The minimum absolute atomic E-state index is 0.231. The van der Waals surface area contributed by atoms with Gasteiger partial charge in [-0.2, -0.15) is 0 Å². The first-order valence-corrected chi connectivity index (χ1v) is 7.11. The molecule has 1 saturated heterocycles. The summed E-state index contributed by atoms with van der Waals surface area (Å²) in [4.78, 5) is 24.9. The second-order valence-electron chi connectivity index (χ2n) is 6.03. The summed E-state index contributed by atoms with van der Waals surface area (Å²) in [6, 6.07) is 9.49. The Morgan fingerprint density at radius 3 is 2.57 bits per heavy atom. The van der Waals surface area contributed by atoms with Crippen LogP contribution in [0, 0.1) is 5.92 Å². The van der Waals surface area contributed by atoms with Crippen LogP contribution in [0.3, 0.4) is 0 Å². The van der Waals surface area contributed by atoms with Gasteiger partial charge in [-0.15, -0.1) is 0 Å². The predicted octanol–water partition coefficient (Wildman–Crippen LogP) is 2.90.